The highest BCUT2D eigenvalue weighted by molar-refractivity contribution is 14.0. The molecule has 1 atom stereocenters. The lowest BCUT2D eigenvalue weighted by Crippen LogP contribution is -2.60. The van der Waals surface area contributed by atoms with Gasteiger partial charge >= 0.3 is 0 Å². The van der Waals surface area contributed by atoms with E-state index in [-0.39, 0.29) is 29.5 Å². The maximum absolute atomic E-state index is 5.62. The van der Waals surface area contributed by atoms with Crippen molar-refractivity contribution >= 4 is 35.6 Å². The molecule has 4 rings (SSSR count). The van der Waals surface area contributed by atoms with Crippen LogP contribution in [0, 0.1) is 5.92 Å². The van der Waals surface area contributed by atoms with Crippen LogP contribution in [-0.2, 0) is 4.74 Å². The van der Waals surface area contributed by atoms with Crippen molar-refractivity contribution in [1.29, 1.82) is 0 Å². The lowest BCUT2D eigenvalue weighted by molar-refractivity contribution is -0.0352. The fraction of sp³-hybridized carbons (Fsp3) is 0.720. The van der Waals surface area contributed by atoms with Gasteiger partial charge in [-0.1, -0.05) is 31.4 Å². The molecule has 1 saturated carbocycles. The molecule has 2 heterocycles. The van der Waals surface area contributed by atoms with Gasteiger partial charge in [0.25, 0.3) is 0 Å². The molecule has 2 saturated heterocycles. The van der Waals surface area contributed by atoms with Crippen molar-refractivity contribution in [3.05, 3.63) is 24.3 Å². The second kappa shape index (κ2) is 13.0. The fourth-order valence-corrected chi connectivity index (χ4v) is 5.67. The maximum Gasteiger partial charge on any atom is 0.191 e. The first kappa shape index (κ1) is 26.3. The van der Waals surface area contributed by atoms with Gasteiger partial charge in [-0.05, 0) is 37.3 Å². The van der Waals surface area contributed by atoms with Crippen molar-refractivity contribution in [2.45, 2.75) is 44.1 Å². The summed E-state index contributed by atoms with van der Waals surface area (Å²) in [7, 11) is 3.63. The van der Waals surface area contributed by atoms with Gasteiger partial charge in [-0.15, -0.1) is 24.0 Å². The van der Waals surface area contributed by atoms with E-state index in [1.165, 1.54) is 44.2 Å². The lowest BCUT2D eigenvalue weighted by Gasteiger charge is -2.48. The van der Waals surface area contributed by atoms with Gasteiger partial charge in [-0.3, -0.25) is 9.89 Å². The molecule has 3 aliphatic rings. The van der Waals surface area contributed by atoms with E-state index < -0.39 is 0 Å². The molecule has 7 nitrogen and oxygen atoms in total. The Labute approximate surface area is 216 Å². The normalized spacial score (nSPS) is 23.6. The second-order valence-electron chi connectivity index (χ2n) is 9.46. The quantitative estimate of drug-likeness (QED) is 0.298. The number of benzene rings is 1. The number of nitrogens with one attached hydrogen (secondary N) is 2. The van der Waals surface area contributed by atoms with Crippen LogP contribution in [0.4, 0.5) is 5.69 Å². The third kappa shape index (κ3) is 6.66. The van der Waals surface area contributed by atoms with Crippen molar-refractivity contribution < 1.29 is 9.47 Å². The number of aliphatic imine (C=N–C) groups is 1. The smallest absolute Gasteiger partial charge is 0.191 e. The van der Waals surface area contributed by atoms with E-state index in [1.807, 2.05) is 19.2 Å². The molecular weight excluding hydrogens is 529 g/mol. The summed E-state index contributed by atoms with van der Waals surface area (Å²) in [5.74, 6) is 2.49. The summed E-state index contributed by atoms with van der Waals surface area (Å²) < 4.78 is 11.2. The Bertz CT molecular complexity index is 750. The number of para-hydroxylation sites is 2. The van der Waals surface area contributed by atoms with E-state index in [1.54, 1.807) is 7.11 Å². The standard InChI is InChI=1S/C25H41N5O2.HI/c1-26-24(28-20-25(11-6-3-7-12-25)30-14-16-32-17-15-30)27-18-21-10-13-29(19-21)22-8-4-5-9-23(22)31-2;/h4-5,8-9,21H,3,6-7,10-20H2,1-2H3,(H2,26,27,28);1H. The van der Waals surface area contributed by atoms with Gasteiger partial charge in [0.15, 0.2) is 5.96 Å². The maximum atomic E-state index is 5.62. The summed E-state index contributed by atoms with van der Waals surface area (Å²) in [5.41, 5.74) is 1.44. The van der Waals surface area contributed by atoms with Gasteiger partial charge in [0, 0.05) is 51.9 Å². The number of morpholine rings is 1. The van der Waals surface area contributed by atoms with Gasteiger partial charge < -0.3 is 25.0 Å². The van der Waals surface area contributed by atoms with Gasteiger partial charge in [0.05, 0.1) is 26.0 Å². The van der Waals surface area contributed by atoms with Crippen LogP contribution in [0.15, 0.2) is 29.3 Å². The first-order valence-electron chi connectivity index (χ1n) is 12.4. The number of rotatable bonds is 7. The number of hydrogen-bond donors (Lipinski definition) is 2. The number of halogens is 1. The third-order valence-corrected chi connectivity index (χ3v) is 7.54. The molecule has 1 aromatic rings. The van der Waals surface area contributed by atoms with Gasteiger partial charge in [0.1, 0.15) is 5.75 Å². The topological polar surface area (TPSA) is 61.4 Å². The number of anilines is 1. The number of guanidine groups is 1. The predicted octanol–water partition coefficient (Wildman–Crippen LogP) is 3.34. The van der Waals surface area contributed by atoms with Crippen LogP contribution < -0.4 is 20.3 Å². The molecule has 2 N–H and O–H groups in total. The van der Waals surface area contributed by atoms with E-state index in [4.69, 9.17) is 9.47 Å². The highest BCUT2D eigenvalue weighted by Crippen LogP contribution is 2.34. The highest BCUT2D eigenvalue weighted by atomic mass is 127. The second-order valence-corrected chi connectivity index (χ2v) is 9.46. The van der Waals surface area contributed by atoms with Gasteiger partial charge in [-0.25, -0.2) is 0 Å². The average Bonchev–Trinajstić information content (AvgIpc) is 3.34. The molecule has 1 unspecified atom stereocenters. The first-order chi connectivity index (χ1) is 15.7. The van der Waals surface area contributed by atoms with Crippen LogP contribution in [0.1, 0.15) is 38.5 Å². The summed E-state index contributed by atoms with van der Waals surface area (Å²) in [6.07, 6.45) is 7.74. The molecule has 0 bridgehead atoms. The Morgan fingerprint density at radius 2 is 1.88 bits per heavy atom. The molecule has 0 aromatic heterocycles. The minimum atomic E-state index is 0. The summed E-state index contributed by atoms with van der Waals surface area (Å²) in [5, 5.41) is 7.29. The van der Waals surface area contributed by atoms with Gasteiger partial charge in [-0.2, -0.15) is 0 Å². The number of hydrogen-bond acceptors (Lipinski definition) is 5. The monoisotopic (exact) mass is 571 g/mol. The van der Waals surface area contributed by atoms with Crippen LogP contribution in [-0.4, -0.2) is 83.0 Å². The minimum Gasteiger partial charge on any atom is -0.495 e. The molecule has 1 aromatic carbocycles. The molecular formula is C25H42IN5O2. The Morgan fingerprint density at radius 3 is 2.61 bits per heavy atom. The van der Waals surface area contributed by atoms with Crippen LogP contribution in [0.5, 0.6) is 5.75 Å². The number of nitrogens with zero attached hydrogens (tertiary/aromatic N) is 3. The minimum absolute atomic E-state index is 0. The Morgan fingerprint density at radius 1 is 1.12 bits per heavy atom. The zero-order chi connectivity index (χ0) is 22.2. The first-order valence-corrected chi connectivity index (χ1v) is 12.4. The number of ether oxygens (including phenoxy) is 2. The van der Waals surface area contributed by atoms with Crippen molar-refractivity contribution in [3.8, 4) is 5.75 Å². The zero-order valence-electron chi connectivity index (χ0n) is 20.4. The zero-order valence-corrected chi connectivity index (χ0v) is 22.7. The highest BCUT2D eigenvalue weighted by Gasteiger charge is 2.38. The average molecular weight is 572 g/mol. The molecule has 8 heteroatoms. The summed E-state index contributed by atoms with van der Waals surface area (Å²) in [6, 6.07) is 8.32. The molecule has 33 heavy (non-hydrogen) atoms. The SMILES string of the molecule is CN=C(NCC1CCN(c2ccccc2OC)C1)NCC1(N2CCOCC2)CCCCC1.I. The van der Waals surface area contributed by atoms with Crippen molar-refractivity contribution in [1.82, 2.24) is 15.5 Å². The third-order valence-electron chi connectivity index (χ3n) is 7.54. The van der Waals surface area contributed by atoms with Crippen molar-refractivity contribution in [2.75, 3.05) is 71.5 Å². The van der Waals surface area contributed by atoms with Crippen molar-refractivity contribution in [3.63, 3.8) is 0 Å². The summed E-state index contributed by atoms with van der Waals surface area (Å²) in [6.45, 7) is 7.84. The van der Waals surface area contributed by atoms with E-state index in [0.29, 0.717) is 5.92 Å². The van der Waals surface area contributed by atoms with Crippen LogP contribution in [0.2, 0.25) is 0 Å². The summed E-state index contributed by atoms with van der Waals surface area (Å²) in [4.78, 5) is 9.65. The number of methoxy groups -OCH3 is 1. The van der Waals surface area contributed by atoms with E-state index in [0.717, 1.165) is 64.2 Å². The van der Waals surface area contributed by atoms with E-state index in [9.17, 15) is 0 Å². The lowest BCUT2D eigenvalue weighted by atomic mass is 9.80. The van der Waals surface area contributed by atoms with Crippen LogP contribution in [0.25, 0.3) is 0 Å². The molecule has 186 valence electrons. The fourth-order valence-electron chi connectivity index (χ4n) is 5.67. The molecule has 0 spiro atoms. The molecule has 0 radical (unpaired) electrons. The van der Waals surface area contributed by atoms with Gasteiger partial charge in [0.2, 0.25) is 0 Å². The Hall–Kier alpha value is -1.26. The van der Waals surface area contributed by atoms with Crippen LogP contribution >= 0.6 is 24.0 Å². The Kier molecular flexibility index (Phi) is 10.4. The van der Waals surface area contributed by atoms with E-state index >= 15 is 0 Å². The molecule has 3 fully saturated rings. The van der Waals surface area contributed by atoms with Crippen molar-refractivity contribution in [2.24, 2.45) is 10.9 Å². The van der Waals surface area contributed by atoms with E-state index in [2.05, 4.69) is 37.6 Å². The summed E-state index contributed by atoms with van der Waals surface area (Å²) >= 11 is 0. The Balaban J connectivity index is 0.00000306. The largest absolute Gasteiger partial charge is 0.495 e. The molecule has 0 amide bonds. The molecule has 1 aliphatic carbocycles. The predicted molar refractivity (Wildman–Crippen MR) is 146 cm³/mol. The molecule has 2 aliphatic heterocycles. The van der Waals surface area contributed by atoms with Crippen LogP contribution in [0.3, 0.4) is 0 Å².